The molecular weight excluding hydrogens is 478 g/mol. The van der Waals surface area contributed by atoms with Crippen molar-refractivity contribution >= 4 is 15.9 Å². The third-order valence-electron chi connectivity index (χ3n) is 6.17. The second kappa shape index (κ2) is 12.3. The zero-order chi connectivity index (χ0) is 25.4. The summed E-state index contributed by atoms with van der Waals surface area (Å²) in [5.41, 5.74) is 0.958. The van der Waals surface area contributed by atoms with Crippen LogP contribution in [0.1, 0.15) is 17.1 Å². The number of nitrogens with zero attached hydrogens (tertiary/aromatic N) is 3. The summed E-state index contributed by atoms with van der Waals surface area (Å²) in [5, 5.41) is 0. The second-order valence-corrected chi connectivity index (χ2v) is 10.8. The largest absolute Gasteiger partial charge is 0.464 e. The molecule has 0 bridgehead atoms. The summed E-state index contributed by atoms with van der Waals surface area (Å²) in [6.45, 7) is 5.67. The van der Waals surface area contributed by atoms with Crippen LogP contribution >= 0.6 is 0 Å². The van der Waals surface area contributed by atoms with E-state index in [2.05, 4.69) is 4.90 Å². The molecule has 3 aromatic rings. The van der Waals surface area contributed by atoms with E-state index in [0.29, 0.717) is 32.1 Å². The Hall–Kier alpha value is -2.98. The first-order valence-corrected chi connectivity index (χ1v) is 13.6. The Morgan fingerprint density at radius 2 is 1.58 bits per heavy atom. The van der Waals surface area contributed by atoms with Gasteiger partial charge in [0.15, 0.2) is 0 Å². The number of hydrogen-bond donors (Lipinski definition) is 0. The number of carbonyl (C=O) groups excluding carboxylic acids is 1. The van der Waals surface area contributed by atoms with Crippen LogP contribution in [0.15, 0.2) is 82.1 Å². The normalized spacial score (nSPS) is 14.7. The van der Waals surface area contributed by atoms with E-state index < -0.39 is 10.0 Å². The summed E-state index contributed by atoms with van der Waals surface area (Å²) in [7, 11) is -3.87. The van der Waals surface area contributed by atoms with Gasteiger partial charge in [-0.1, -0.05) is 48.5 Å². The molecule has 0 aliphatic carbocycles. The molecule has 0 N–H and O–H groups in total. The Kier molecular flexibility index (Phi) is 8.93. The molecule has 4 rings (SSSR count). The first-order chi connectivity index (χ1) is 17.4. The first kappa shape index (κ1) is 26.1. The average Bonchev–Trinajstić information content (AvgIpc) is 3.32. The van der Waals surface area contributed by atoms with Crippen LogP contribution in [0.4, 0.5) is 0 Å². The maximum absolute atomic E-state index is 13.6. The van der Waals surface area contributed by atoms with Crippen LogP contribution in [0, 0.1) is 6.92 Å². The molecule has 1 amide bonds. The van der Waals surface area contributed by atoms with Gasteiger partial charge in [0.05, 0.1) is 31.2 Å². The van der Waals surface area contributed by atoms with E-state index in [4.69, 9.17) is 9.15 Å². The zero-order valence-corrected chi connectivity index (χ0v) is 21.4. The SMILES string of the molecule is Cc1ccc(CN(Cc2ccccc2)C(=O)CN(CCN2CCOCC2)S(=O)(=O)c2ccccc2)o1. The van der Waals surface area contributed by atoms with Crippen LogP contribution in [0.25, 0.3) is 0 Å². The predicted octanol–water partition coefficient (Wildman–Crippen LogP) is 3.14. The third-order valence-corrected chi connectivity index (χ3v) is 8.03. The van der Waals surface area contributed by atoms with E-state index >= 15 is 0 Å². The van der Waals surface area contributed by atoms with Crippen LogP contribution < -0.4 is 0 Å². The summed E-state index contributed by atoms with van der Waals surface area (Å²) in [6, 6.07) is 21.6. The fourth-order valence-corrected chi connectivity index (χ4v) is 5.55. The molecule has 1 fully saturated rings. The quantitative estimate of drug-likeness (QED) is 0.393. The number of rotatable bonds is 11. The fourth-order valence-electron chi connectivity index (χ4n) is 4.15. The topological polar surface area (TPSA) is 83.3 Å². The van der Waals surface area contributed by atoms with Gasteiger partial charge in [-0.15, -0.1) is 0 Å². The highest BCUT2D eigenvalue weighted by Gasteiger charge is 2.29. The Morgan fingerprint density at radius 1 is 0.917 bits per heavy atom. The monoisotopic (exact) mass is 511 g/mol. The summed E-state index contributed by atoms with van der Waals surface area (Å²) < 4.78 is 39.6. The molecule has 36 heavy (non-hydrogen) atoms. The van der Waals surface area contributed by atoms with E-state index in [9.17, 15) is 13.2 Å². The van der Waals surface area contributed by atoms with Crippen molar-refractivity contribution in [1.82, 2.24) is 14.1 Å². The number of benzene rings is 2. The zero-order valence-electron chi connectivity index (χ0n) is 20.6. The lowest BCUT2D eigenvalue weighted by Gasteiger charge is -2.31. The van der Waals surface area contributed by atoms with Gasteiger partial charge in [0, 0.05) is 32.7 Å². The van der Waals surface area contributed by atoms with Crippen molar-refractivity contribution in [1.29, 1.82) is 0 Å². The van der Waals surface area contributed by atoms with Crippen LogP contribution in [-0.2, 0) is 32.6 Å². The van der Waals surface area contributed by atoms with Gasteiger partial charge < -0.3 is 14.1 Å². The van der Waals surface area contributed by atoms with Crippen molar-refractivity contribution in [2.45, 2.75) is 24.9 Å². The van der Waals surface area contributed by atoms with E-state index in [1.54, 1.807) is 35.2 Å². The molecule has 2 aromatic carbocycles. The van der Waals surface area contributed by atoms with Crippen molar-refractivity contribution in [3.8, 4) is 0 Å². The maximum Gasteiger partial charge on any atom is 0.243 e. The first-order valence-electron chi connectivity index (χ1n) is 12.1. The number of amides is 1. The van der Waals surface area contributed by atoms with Gasteiger partial charge in [0.1, 0.15) is 11.5 Å². The smallest absolute Gasteiger partial charge is 0.243 e. The molecule has 1 aromatic heterocycles. The highest BCUT2D eigenvalue weighted by atomic mass is 32.2. The molecule has 8 nitrogen and oxygen atoms in total. The van der Waals surface area contributed by atoms with E-state index in [1.165, 1.54) is 4.31 Å². The summed E-state index contributed by atoms with van der Waals surface area (Å²) in [5.74, 6) is 1.13. The van der Waals surface area contributed by atoms with Gasteiger partial charge in [-0.05, 0) is 36.8 Å². The molecule has 1 aliphatic heterocycles. The highest BCUT2D eigenvalue weighted by Crippen LogP contribution is 2.18. The number of morpholine rings is 1. The highest BCUT2D eigenvalue weighted by molar-refractivity contribution is 7.89. The Labute approximate surface area is 213 Å². The van der Waals surface area contributed by atoms with Gasteiger partial charge >= 0.3 is 0 Å². The number of aryl methyl sites for hydroxylation is 1. The molecule has 9 heteroatoms. The molecule has 1 saturated heterocycles. The number of hydrogen-bond acceptors (Lipinski definition) is 6. The summed E-state index contributed by atoms with van der Waals surface area (Å²) in [6.07, 6.45) is 0. The number of ether oxygens (including phenoxy) is 1. The van der Waals surface area contributed by atoms with Gasteiger partial charge in [-0.25, -0.2) is 8.42 Å². The van der Waals surface area contributed by atoms with Gasteiger partial charge in [-0.3, -0.25) is 9.69 Å². The lowest BCUT2D eigenvalue weighted by Crippen LogP contribution is -2.47. The fraction of sp³-hybridized carbons (Fsp3) is 0.370. The minimum Gasteiger partial charge on any atom is -0.464 e. The Morgan fingerprint density at radius 3 is 2.22 bits per heavy atom. The molecule has 0 spiro atoms. The average molecular weight is 512 g/mol. The van der Waals surface area contributed by atoms with Crippen molar-refractivity contribution in [2.24, 2.45) is 0 Å². The van der Waals surface area contributed by atoms with E-state index in [-0.39, 0.29) is 30.4 Å². The molecule has 192 valence electrons. The molecule has 0 atom stereocenters. The Balaban J connectivity index is 1.56. The number of carbonyl (C=O) groups is 1. The number of sulfonamides is 1. The standard InChI is InChI=1S/C27H33N3O5S/c1-23-12-13-25(35-23)21-29(20-24-8-4-2-5-9-24)27(31)22-30(15-14-28-16-18-34-19-17-28)36(32,33)26-10-6-3-7-11-26/h2-13H,14-22H2,1H3. The number of furan rings is 1. The van der Waals surface area contributed by atoms with Crippen LogP contribution in [0.5, 0.6) is 0 Å². The van der Waals surface area contributed by atoms with Gasteiger partial charge in [-0.2, -0.15) is 4.31 Å². The molecule has 0 radical (unpaired) electrons. The van der Waals surface area contributed by atoms with Gasteiger partial charge in [0.2, 0.25) is 15.9 Å². The van der Waals surface area contributed by atoms with Crippen molar-refractivity contribution < 1.29 is 22.4 Å². The maximum atomic E-state index is 13.6. The van der Waals surface area contributed by atoms with Crippen molar-refractivity contribution in [3.05, 3.63) is 89.9 Å². The lowest BCUT2D eigenvalue weighted by molar-refractivity contribution is -0.133. The minimum atomic E-state index is -3.87. The molecule has 2 heterocycles. The predicted molar refractivity (Wildman–Crippen MR) is 137 cm³/mol. The second-order valence-electron chi connectivity index (χ2n) is 8.85. The molecular formula is C27H33N3O5S. The van der Waals surface area contributed by atoms with E-state index in [0.717, 1.165) is 24.4 Å². The third kappa shape index (κ3) is 7.04. The van der Waals surface area contributed by atoms with Gasteiger partial charge in [0.25, 0.3) is 0 Å². The molecule has 0 unspecified atom stereocenters. The van der Waals surface area contributed by atoms with Crippen LogP contribution in [0.2, 0.25) is 0 Å². The summed E-state index contributed by atoms with van der Waals surface area (Å²) in [4.78, 5) is 17.6. The van der Waals surface area contributed by atoms with Crippen LogP contribution in [-0.4, -0.2) is 74.4 Å². The lowest BCUT2D eigenvalue weighted by atomic mass is 10.2. The minimum absolute atomic E-state index is 0.177. The van der Waals surface area contributed by atoms with E-state index in [1.807, 2.05) is 49.4 Å². The molecule has 1 aliphatic rings. The van der Waals surface area contributed by atoms with Crippen LogP contribution in [0.3, 0.4) is 0 Å². The van der Waals surface area contributed by atoms with Crippen molar-refractivity contribution in [3.63, 3.8) is 0 Å². The Bertz CT molecular complexity index is 1210. The molecule has 0 saturated carbocycles. The summed E-state index contributed by atoms with van der Waals surface area (Å²) >= 11 is 0. The van der Waals surface area contributed by atoms with Crippen molar-refractivity contribution in [2.75, 3.05) is 45.9 Å².